The first kappa shape index (κ1) is 65.5. The minimum atomic E-state index is -0.955. The molecule has 0 spiro atoms. The number of nitro groups is 2. The Kier molecular flexibility index (Phi) is 22.1. The van der Waals surface area contributed by atoms with Crippen LogP contribution in [0.2, 0.25) is 0 Å². The Morgan fingerprint density at radius 3 is 0.615 bits per heavy atom. The fraction of sp³-hybridized carbons (Fsp3) is 0.769. The first-order valence-electron chi connectivity index (χ1n) is 26.4. The molecule has 2 aliphatic heterocycles. The molecular formula is C52H88N10O16. The fourth-order valence-corrected chi connectivity index (χ4v) is 7.72. The Bertz CT molecular complexity index is 2050. The van der Waals surface area contributed by atoms with Crippen LogP contribution >= 0.6 is 0 Å². The predicted molar refractivity (Wildman–Crippen MR) is 291 cm³/mol. The largest absolute Gasteiger partial charge is 0.444 e. The van der Waals surface area contributed by atoms with E-state index in [4.69, 9.17) is 28.4 Å². The summed E-state index contributed by atoms with van der Waals surface area (Å²) in [4.78, 5) is 119. The first-order valence-corrected chi connectivity index (χ1v) is 26.4. The Hall–Kier alpha value is -6.76. The highest BCUT2D eigenvalue weighted by molar-refractivity contribution is 5.79. The van der Waals surface area contributed by atoms with Crippen molar-refractivity contribution < 1.29 is 67.0 Å². The van der Waals surface area contributed by atoms with Gasteiger partial charge in [-0.3, -0.25) is 20.2 Å². The lowest BCUT2D eigenvalue weighted by atomic mass is 10.1. The zero-order chi connectivity index (χ0) is 59.5. The molecule has 0 N–H and O–H groups in total. The number of rotatable bonds is 4. The third kappa shape index (κ3) is 22.7. The van der Waals surface area contributed by atoms with Gasteiger partial charge in [-0.25, -0.2) is 28.8 Å². The van der Waals surface area contributed by atoms with Gasteiger partial charge in [0.1, 0.15) is 45.0 Å². The van der Waals surface area contributed by atoms with E-state index < -0.39 is 91.4 Å². The van der Waals surface area contributed by atoms with Crippen molar-refractivity contribution in [3.8, 4) is 0 Å². The molecule has 2 heterocycles. The second-order valence-electron chi connectivity index (χ2n) is 25.1. The van der Waals surface area contributed by atoms with Crippen molar-refractivity contribution >= 4 is 59.3 Å². The molecule has 0 atom stereocenters. The molecule has 1 aromatic carbocycles. The fourth-order valence-electron chi connectivity index (χ4n) is 7.72. The quantitative estimate of drug-likeness (QED) is 0.155. The number of nitrogens with zero attached hydrogens (tertiary/aromatic N) is 10. The lowest BCUT2D eigenvalue weighted by molar-refractivity contribution is -0.393. The molecule has 3 rings (SSSR count). The molecule has 0 radical (unpaired) electrons. The summed E-state index contributed by atoms with van der Waals surface area (Å²) in [6.45, 7) is 28.4. The van der Waals surface area contributed by atoms with Gasteiger partial charge in [0, 0.05) is 105 Å². The molecule has 78 heavy (non-hydrogen) atoms. The van der Waals surface area contributed by atoms with Gasteiger partial charge in [0.05, 0.1) is 15.9 Å². The number of carbonyl (C=O) groups is 6. The molecule has 1 aromatic rings. The zero-order valence-corrected chi connectivity index (χ0v) is 49.5. The van der Waals surface area contributed by atoms with Crippen LogP contribution in [-0.2, 0) is 28.4 Å². The molecule has 2 fully saturated rings. The Balaban J connectivity index is 2.35. The van der Waals surface area contributed by atoms with Crippen LogP contribution in [0.15, 0.2) is 12.1 Å². The second-order valence-corrected chi connectivity index (χ2v) is 25.1. The summed E-state index contributed by atoms with van der Waals surface area (Å²) in [5.41, 5.74) is -7.22. The number of amides is 6. The number of hydrogen-bond acceptors (Lipinski definition) is 18. The number of anilines is 2. The Morgan fingerprint density at radius 1 is 0.321 bits per heavy atom. The molecule has 0 aliphatic carbocycles. The van der Waals surface area contributed by atoms with Crippen LogP contribution in [0.4, 0.5) is 51.5 Å². The minimum Gasteiger partial charge on any atom is -0.444 e. The molecular weight excluding hydrogens is 1020 g/mol. The van der Waals surface area contributed by atoms with E-state index in [1.165, 1.54) is 45.3 Å². The standard InChI is InChI=1S/C52H88N10O16/c1-47(2,3)73-41(63)55-23-19-53(20-24-56(42(64)74-48(4,5)6)28-32-59(31-27-55)45(67)77-51(13,14)15)37-35-38(40(62(71)72)36-39(37)61(69)70)54-21-25-57(43(65)75-49(7,8)9)29-33-60(46(68)78-52(16,17)18)34-30-58(26-22-54)44(66)76-50(10,11)12/h35-36H,19-34H2,1-18H3. The molecule has 2 aliphatic rings. The van der Waals surface area contributed by atoms with Gasteiger partial charge in [-0.15, -0.1) is 0 Å². The van der Waals surface area contributed by atoms with Gasteiger partial charge in [0.2, 0.25) is 0 Å². The van der Waals surface area contributed by atoms with Crippen LogP contribution in [0.5, 0.6) is 0 Å². The minimum absolute atomic E-state index is 0.0766. The predicted octanol–water partition coefficient (Wildman–Crippen LogP) is 8.57. The highest BCUT2D eigenvalue weighted by atomic mass is 16.6. The third-order valence-corrected chi connectivity index (χ3v) is 11.2. The van der Waals surface area contributed by atoms with Gasteiger partial charge in [-0.2, -0.15) is 0 Å². The number of hydrogen-bond donors (Lipinski definition) is 0. The highest BCUT2D eigenvalue weighted by Gasteiger charge is 2.36. The maximum Gasteiger partial charge on any atom is 0.410 e. The number of carbonyl (C=O) groups excluding carboxylic acids is 6. The molecule has 442 valence electrons. The van der Waals surface area contributed by atoms with Crippen LogP contribution in [0, 0.1) is 20.2 Å². The topological polar surface area (TPSA) is 270 Å². The van der Waals surface area contributed by atoms with E-state index in [0.29, 0.717) is 0 Å². The summed E-state index contributed by atoms with van der Waals surface area (Å²) in [5.74, 6) is 0. The molecule has 26 nitrogen and oxygen atoms in total. The maximum atomic E-state index is 14.0. The van der Waals surface area contributed by atoms with Gasteiger partial charge < -0.3 is 67.6 Å². The van der Waals surface area contributed by atoms with Crippen LogP contribution in [0.25, 0.3) is 0 Å². The van der Waals surface area contributed by atoms with Crippen LogP contribution in [0.3, 0.4) is 0 Å². The van der Waals surface area contributed by atoms with Gasteiger partial charge in [0.15, 0.2) is 0 Å². The summed E-state index contributed by atoms with van der Waals surface area (Å²) in [6, 6.07) is 2.12. The van der Waals surface area contributed by atoms with Crippen molar-refractivity contribution in [2.75, 3.05) is 115 Å². The monoisotopic (exact) mass is 1110 g/mol. The third-order valence-electron chi connectivity index (χ3n) is 11.2. The normalized spacial score (nSPS) is 16.8. The van der Waals surface area contributed by atoms with Crippen LogP contribution in [0.1, 0.15) is 125 Å². The van der Waals surface area contributed by atoms with Crippen molar-refractivity contribution in [2.24, 2.45) is 0 Å². The van der Waals surface area contributed by atoms with Gasteiger partial charge in [0.25, 0.3) is 11.4 Å². The molecule has 26 heteroatoms. The van der Waals surface area contributed by atoms with Crippen LogP contribution < -0.4 is 9.80 Å². The molecule has 2 saturated heterocycles. The lowest BCUT2D eigenvalue weighted by Gasteiger charge is -2.37. The van der Waals surface area contributed by atoms with Crippen molar-refractivity contribution in [1.29, 1.82) is 0 Å². The van der Waals surface area contributed by atoms with Gasteiger partial charge in [-0.1, -0.05) is 0 Å². The van der Waals surface area contributed by atoms with E-state index in [-0.39, 0.29) is 116 Å². The first-order chi connectivity index (χ1) is 35.5. The summed E-state index contributed by atoms with van der Waals surface area (Å²) in [7, 11) is 0. The van der Waals surface area contributed by atoms with E-state index in [9.17, 15) is 49.0 Å². The Morgan fingerprint density at radius 2 is 0.474 bits per heavy atom. The molecule has 0 aromatic heterocycles. The van der Waals surface area contributed by atoms with E-state index in [2.05, 4.69) is 0 Å². The van der Waals surface area contributed by atoms with Gasteiger partial charge in [-0.05, 0) is 131 Å². The highest BCUT2D eigenvalue weighted by Crippen LogP contribution is 2.40. The summed E-state index contributed by atoms with van der Waals surface area (Å²) in [5, 5.41) is 26.4. The molecule has 6 amide bonds. The van der Waals surface area contributed by atoms with Crippen molar-refractivity contribution in [3.63, 3.8) is 0 Å². The van der Waals surface area contributed by atoms with E-state index >= 15 is 0 Å². The Labute approximate surface area is 459 Å². The number of benzene rings is 1. The van der Waals surface area contributed by atoms with E-state index in [1.807, 2.05) is 0 Å². The number of nitro benzene ring substituents is 2. The average Bonchev–Trinajstić information content (AvgIpc) is 3.22. The summed E-state index contributed by atoms with van der Waals surface area (Å²) in [6.07, 6.45) is -4.41. The SMILES string of the molecule is CC(C)(C)OC(=O)N1CCN(C(=O)OC(C)(C)C)CCN(c2cc(N3CCN(C(=O)OC(C)(C)C)CCN(C(=O)OC(C)(C)C)CCN(C(=O)OC(C)(C)C)CC3)c([N+](=O)[O-])cc2[N+](=O)[O-])CCN(C(=O)OC(C)(C)C)CC1. The smallest absolute Gasteiger partial charge is 0.410 e. The van der Waals surface area contributed by atoms with Crippen molar-refractivity contribution in [2.45, 2.75) is 158 Å². The lowest BCUT2D eigenvalue weighted by Crippen LogP contribution is -2.51. The molecule has 0 bridgehead atoms. The summed E-state index contributed by atoms with van der Waals surface area (Å²) >= 11 is 0. The molecule has 0 unspecified atom stereocenters. The van der Waals surface area contributed by atoms with E-state index in [1.54, 1.807) is 125 Å². The summed E-state index contributed by atoms with van der Waals surface area (Å²) < 4.78 is 34.6. The number of ether oxygens (including phenoxy) is 6. The van der Waals surface area contributed by atoms with Crippen LogP contribution in [-0.4, -0.2) is 214 Å². The average molecular weight is 1110 g/mol. The van der Waals surface area contributed by atoms with Crippen molar-refractivity contribution in [1.82, 2.24) is 29.4 Å². The van der Waals surface area contributed by atoms with Crippen molar-refractivity contribution in [3.05, 3.63) is 32.4 Å². The maximum absolute atomic E-state index is 14.0. The second kappa shape index (κ2) is 26.3. The van der Waals surface area contributed by atoms with E-state index in [0.717, 1.165) is 6.07 Å². The molecule has 0 saturated carbocycles. The zero-order valence-electron chi connectivity index (χ0n) is 49.5. The van der Waals surface area contributed by atoms with Gasteiger partial charge >= 0.3 is 36.6 Å².